The third-order valence-corrected chi connectivity index (χ3v) is 2.23. The highest BCUT2D eigenvalue weighted by atomic mass is 32.2. The number of rotatable bonds is 5. The van der Waals surface area contributed by atoms with Crippen LogP contribution in [-0.4, -0.2) is 22.0 Å². The zero-order valence-electron chi connectivity index (χ0n) is 5.63. The number of unbranched alkanes of at least 4 members (excludes halogenated alkanes) is 1. The van der Waals surface area contributed by atoms with Gasteiger partial charge in [-0.05, 0) is 6.42 Å². The van der Waals surface area contributed by atoms with Gasteiger partial charge in [-0.2, -0.15) is 0 Å². The molecule has 0 aromatic rings. The highest BCUT2D eigenvalue weighted by Gasteiger charge is 1.94. The lowest BCUT2D eigenvalue weighted by atomic mass is 10.4. The Bertz CT molecular complexity index is 101. The van der Waals surface area contributed by atoms with E-state index in [2.05, 4.69) is 0 Å². The zero-order valence-corrected chi connectivity index (χ0v) is 6.45. The monoisotopic (exact) mass is 148 g/mol. The Hall–Kier alpha value is -0.180. The molecule has 0 radical (unpaired) electrons. The van der Waals surface area contributed by atoms with E-state index < -0.39 is 10.8 Å². The van der Waals surface area contributed by atoms with Crippen LogP contribution in [0.5, 0.6) is 0 Å². The molecule has 54 valence electrons. The summed E-state index contributed by atoms with van der Waals surface area (Å²) in [5.74, 6) is 0.884. The average molecular weight is 148 g/mol. The van der Waals surface area contributed by atoms with Gasteiger partial charge in [0.25, 0.3) is 0 Å². The molecule has 0 aromatic carbocycles. The van der Waals surface area contributed by atoms with E-state index in [4.69, 9.17) is 0 Å². The van der Waals surface area contributed by atoms with Crippen LogP contribution in [0, 0.1) is 0 Å². The normalized spacial score (nSPS) is 13.0. The summed E-state index contributed by atoms with van der Waals surface area (Å²) in [5, 5.41) is 0. The van der Waals surface area contributed by atoms with E-state index >= 15 is 0 Å². The van der Waals surface area contributed by atoms with Crippen molar-refractivity contribution in [3.63, 3.8) is 0 Å². The molecule has 0 fully saturated rings. The average Bonchev–Trinajstić information content (AvgIpc) is 1.85. The van der Waals surface area contributed by atoms with Gasteiger partial charge in [0.15, 0.2) is 0 Å². The standard InChI is InChI=1S/C6H12O2S/c1-2-3-5-9(8)6-4-7/h4H,2-3,5-6H2,1H3. The Morgan fingerprint density at radius 1 is 1.56 bits per heavy atom. The third-order valence-electron chi connectivity index (χ3n) is 0.979. The Kier molecular flexibility index (Phi) is 5.83. The molecular weight excluding hydrogens is 136 g/mol. The lowest BCUT2D eigenvalue weighted by molar-refractivity contribution is -0.105. The molecule has 0 aliphatic heterocycles. The van der Waals surface area contributed by atoms with Gasteiger partial charge in [-0.25, -0.2) is 0 Å². The largest absolute Gasteiger partial charge is 0.302 e. The SMILES string of the molecule is CCCCS(=O)CC=O. The maximum absolute atomic E-state index is 10.7. The van der Waals surface area contributed by atoms with Crippen LogP contribution in [0.15, 0.2) is 0 Å². The summed E-state index contributed by atoms with van der Waals surface area (Å²) in [7, 11) is -0.888. The summed E-state index contributed by atoms with van der Waals surface area (Å²) in [6.07, 6.45) is 2.72. The number of hydrogen-bond donors (Lipinski definition) is 0. The molecule has 0 aromatic heterocycles. The number of hydrogen-bond acceptors (Lipinski definition) is 2. The van der Waals surface area contributed by atoms with Crippen molar-refractivity contribution in [2.75, 3.05) is 11.5 Å². The minimum Gasteiger partial charge on any atom is -0.302 e. The van der Waals surface area contributed by atoms with E-state index in [0.29, 0.717) is 12.0 Å². The summed E-state index contributed by atoms with van der Waals surface area (Å²) in [5.41, 5.74) is 0. The van der Waals surface area contributed by atoms with E-state index in [-0.39, 0.29) is 5.75 Å². The third kappa shape index (κ3) is 5.69. The summed E-state index contributed by atoms with van der Waals surface area (Å²) >= 11 is 0. The maximum Gasteiger partial charge on any atom is 0.132 e. The van der Waals surface area contributed by atoms with Crippen molar-refractivity contribution in [1.29, 1.82) is 0 Å². The van der Waals surface area contributed by atoms with Crippen molar-refractivity contribution >= 4 is 17.1 Å². The van der Waals surface area contributed by atoms with Gasteiger partial charge in [0.1, 0.15) is 6.29 Å². The predicted molar refractivity (Wildman–Crippen MR) is 38.8 cm³/mol. The molecule has 0 heterocycles. The van der Waals surface area contributed by atoms with Crippen LogP contribution in [0.4, 0.5) is 0 Å². The quantitative estimate of drug-likeness (QED) is 0.539. The topological polar surface area (TPSA) is 34.1 Å². The molecule has 0 rings (SSSR count). The molecule has 0 spiro atoms. The van der Waals surface area contributed by atoms with Crippen LogP contribution < -0.4 is 0 Å². The van der Waals surface area contributed by atoms with Gasteiger partial charge in [-0.15, -0.1) is 0 Å². The molecule has 0 aliphatic carbocycles. The van der Waals surface area contributed by atoms with Gasteiger partial charge in [0.2, 0.25) is 0 Å². The lowest BCUT2D eigenvalue weighted by Gasteiger charge is -1.92. The summed E-state index contributed by atoms with van der Waals surface area (Å²) in [6, 6.07) is 0. The molecule has 0 amide bonds. The smallest absolute Gasteiger partial charge is 0.132 e. The molecule has 0 bridgehead atoms. The summed E-state index contributed by atoms with van der Waals surface area (Å²) in [6.45, 7) is 2.04. The van der Waals surface area contributed by atoms with Crippen molar-refractivity contribution < 1.29 is 9.00 Å². The van der Waals surface area contributed by atoms with E-state index in [0.717, 1.165) is 12.8 Å². The highest BCUT2D eigenvalue weighted by molar-refractivity contribution is 7.85. The summed E-state index contributed by atoms with van der Waals surface area (Å²) in [4.78, 5) is 9.79. The number of carbonyl (C=O) groups is 1. The molecule has 2 nitrogen and oxygen atoms in total. The first kappa shape index (κ1) is 8.82. The Labute approximate surface area is 58.1 Å². The molecule has 9 heavy (non-hydrogen) atoms. The van der Waals surface area contributed by atoms with E-state index in [1.165, 1.54) is 0 Å². The van der Waals surface area contributed by atoms with Crippen LogP contribution in [0.25, 0.3) is 0 Å². The first-order chi connectivity index (χ1) is 4.31. The van der Waals surface area contributed by atoms with Gasteiger partial charge < -0.3 is 4.79 Å². The first-order valence-corrected chi connectivity index (χ1v) is 4.58. The Balaban J connectivity index is 3.16. The van der Waals surface area contributed by atoms with Crippen molar-refractivity contribution in [2.24, 2.45) is 0 Å². The first-order valence-electron chi connectivity index (χ1n) is 3.10. The highest BCUT2D eigenvalue weighted by Crippen LogP contribution is 1.89. The Morgan fingerprint density at radius 2 is 2.22 bits per heavy atom. The van der Waals surface area contributed by atoms with Crippen LogP contribution in [0.3, 0.4) is 0 Å². The molecule has 0 N–H and O–H groups in total. The lowest BCUT2D eigenvalue weighted by Crippen LogP contribution is -2.02. The van der Waals surface area contributed by atoms with Crippen molar-refractivity contribution in [2.45, 2.75) is 19.8 Å². The predicted octanol–water partition coefficient (Wildman–Crippen LogP) is 0.734. The van der Waals surface area contributed by atoms with Crippen LogP contribution in [-0.2, 0) is 15.6 Å². The van der Waals surface area contributed by atoms with Gasteiger partial charge in [0, 0.05) is 16.6 Å². The molecule has 1 unspecified atom stereocenters. The minimum absolute atomic E-state index is 0.208. The number of carbonyl (C=O) groups excluding carboxylic acids is 1. The molecule has 0 aliphatic rings. The second kappa shape index (κ2) is 5.95. The van der Waals surface area contributed by atoms with E-state index in [1.807, 2.05) is 6.92 Å². The zero-order chi connectivity index (χ0) is 7.11. The second-order valence-corrected chi connectivity index (χ2v) is 3.45. The Morgan fingerprint density at radius 3 is 2.67 bits per heavy atom. The van der Waals surface area contributed by atoms with Crippen molar-refractivity contribution in [3.05, 3.63) is 0 Å². The molecule has 0 saturated heterocycles. The second-order valence-electron chi connectivity index (χ2n) is 1.83. The van der Waals surface area contributed by atoms with E-state index in [9.17, 15) is 9.00 Å². The molecule has 1 atom stereocenters. The molecular formula is C6H12O2S. The van der Waals surface area contributed by atoms with Crippen LogP contribution >= 0.6 is 0 Å². The van der Waals surface area contributed by atoms with Crippen LogP contribution in [0.1, 0.15) is 19.8 Å². The fourth-order valence-corrected chi connectivity index (χ4v) is 1.39. The van der Waals surface area contributed by atoms with Crippen molar-refractivity contribution in [3.8, 4) is 0 Å². The molecule has 3 heteroatoms. The van der Waals surface area contributed by atoms with Crippen molar-refractivity contribution in [1.82, 2.24) is 0 Å². The molecule has 0 saturated carbocycles. The van der Waals surface area contributed by atoms with E-state index in [1.54, 1.807) is 0 Å². The summed E-state index contributed by atoms with van der Waals surface area (Å²) < 4.78 is 10.7. The maximum atomic E-state index is 10.7. The van der Waals surface area contributed by atoms with Crippen LogP contribution in [0.2, 0.25) is 0 Å². The fraction of sp³-hybridized carbons (Fsp3) is 0.833. The minimum atomic E-state index is -0.888. The van der Waals surface area contributed by atoms with Gasteiger partial charge in [-0.3, -0.25) is 4.21 Å². The number of aldehydes is 1. The van der Waals surface area contributed by atoms with Gasteiger partial charge in [-0.1, -0.05) is 13.3 Å². The fourth-order valence-electron chi connectivity index (χ4n) is 0.465. The van der Waals surface area contributed by atoms with Gasteiger partial charge >= 0.3 is 0 Å². The van der Waals surface area contributed by atoms with Gasteiger partial charge in [0.05, 0.1) is 5.75 Å².